The fourth-order valence-corrected chi connectivity index (χ4v) is 3.60. The first kappa shape index (κ1) is 17.8. The third kappa shape index (κ3) is 4.18. The van der Waals surface area contributed by atoms with Crippen LogP contribution in [0, 0.1) is 0 Å². The number of amides is 2. The molecule has 3 rings (SSSR count). The van der Waals surface area contributed by atoms with Crippen LogP contribution in [0.4, 0.5) is 0 Å². The Hall–Kier alpha value is -1.96. The third-order valence-electron chi connectivity index (χ3n) is 5.03. The number of aryl methyl sites for hydroxylation is 1. The highest BCUT2D eigenvalue weighted by Crippen LogP contribution is 2.23. The Morgan fingerprint density at radius 1 is 1.32 bits per heavy atom. The number of H-pyrrole nitrogens is 1. The van der Waals surface area contributed by atoms with Gasteiger partial charge < -0.3 is 14.5 Å². The highest BCUT2D eigenvalue weighted by molar-refractivity contribution is 5.79. The first-order valence-electron chi connectivity index (χ1n) is 9.16. The molecule has 0 aliphatic carbocycles. The van der Waals surface area contributed by atoms with Crippen LogP contribution in [0.25, 0.3) is 0 Å². The molecular weight excluding hydrogens is 322 g/mol. The Bertz CT molecular complexity index is 617. The fraction of sp³-hybridized carbons (Fsp3) is 0.765. The topological polar surface area (TPSA) is 91.4 Å². The van der Waals surface area contributed by atoms with E-state index in [1.165, 1.54) is 0 Å². The molecule has 0 spiro atoms. The van der Waals surface area contributed by atoms with Crippen molar-refractivity contribution in [1.29, 1.82) is 0 Å². The molecule has 8 heteroatoms. The maximum absolute atomic E-state index is 12.8. The van der Waals surface area contributed by atoms with Gasteiger partial charge in [0.05, 0.1) is 13.2 Å². The predicted molar refractivity (Wildman–Crippen MR) is 90.7 cm³/mol. The van der Waals surface area contributed by atoms with Crippen LogP contribution in [0.5, 0.6) is 0 Å². The summed E-state index contributed by atoms with van der Waals surface area (Å²) in [7, 11) is 0. The Morgan fingerprint density at radius 3 is 2.88 bits per heavy atom. The van der Waals surface area contributed by atoms with E-state index in [1.807, 2.05) is 16.7 Å². The lowest BCUT2D eigenvalue weighted by Crippen LogP contribution is -2.48. The van der Waals surface area contributed by atoms with Gasteiger partial charge in [0.25, 0.3) is 0 Å². The average Bonchev–Trinajstić information content (AvgIpc) is 3.11. The summed E-state index contributed by atoms with van der Waals surface area (Å²) in [6.07, 6.45) is 3.88. The Kier molecular flexibility index (Phi) is 5.67. The van der Waals surface area contributed by atoms with Crippen molar-refractivity contribution in [1.82, 2.24) is 25.0 Å². The van der Waals surface area contributed by atoms with Gasteiger partial charge in [-0.1, -0.05) is 6.92 Å². The van der Waals surface area contributed by atoms with Gasteiger partial charge in [-0.25, -0.2) is 4.98 Å². The predicted octanol–water partition coefficient (Wildman–Crippen LogP) is 1.06. The van der Waals surface area contributed by atoms with Crippen molar-refractivity contribution < 1.29 is 14.3 Å². The minimum Gasteiger partial charge on any atom is -0.366 e. The molecule has 138 valence electrons. The number of morpholine rings is 1. The molecule has 0 saturated carbocycles. The lowest BCUT2D eigenvalue weighted by Gasteiger charge is -2.37. The van der Waals surface area contributed by atoms with Crippen molar-refractivity contribution >= 4 is 11.8 Å². The number of carbonyl (C=O) groups is 2. The monoisotopic (exact) mass is 349 g/mol. The molecular formula is C17H27N5O3. The SMILES string of the molecule is CCc1nc([C@H]2CN(C(=O)C[C@H]3CCCCN3C(C)=O)CCO2)n[nH]1. The molecule has 8 nitrogen and oxygen atoms in total. The Labute approximate surface area is 147 Å². The molecule has 0 unspecified atom stereocenters. The molecule has 2 atom stereocenters. The maximum Gasteiger partial charge on any atom is 0.224 e. The number of aromatic nitrogens is 3. The number of likely N-dealkylation sites (tertiary alicyclic amines) is 1. The number of rotatable bonds is 4. The van der Waals surface area contributed by atoms with Gasteiger partial charge in [-0.05, 0) is 19.3 Å². The average molecular weight is 349 g/mol. The fourth-order valence-electron chi connectivity index (χ4n) is 3.60. The minimum absolute atomic E-state index is 0.0234. The number of piperidine rings is 1. The smallest absolute Gasteiger partial charge is 0.224 e. The number of aromatic amines is 1. The molecule has 0 bridgehead atoms. The van der Waals surface area contributed by atoms with E-state index in [2.05, 4.69) is 15.2 Å². The summed E-state index contributed by atoms with van der Waals surface area (Å²) in [5.41, 5.74) is 0. The lowest BCUT2D eigenvalue weighted by molar-refractivity contribution is -0.142. The lowest BCUT2D eigenvalue weighted by atomic mass is 9.98. The summed E-state index contributed by atoms with van der Waals surface area (Å²) in [6.45, 7) is 5.87. The van der Waals surface area contributed by atoms with E-state index >= 15 is 0 Å². The van der Waals surface area contributed by atoms with Crippen LogP contribution in [-0.4, -0.2) is 69.1 Å². The normalized spacial score (nSPS) is 24.4. The molecule has 0 radical (unpaired) electrons. The van der Waals surface area contributed by atoms with Crippen LogP contribution in [0.15, 0.2) is 0 Å². The molecule has 2 amide bonds. The van der Waals surface area contributed by atoms with Gasteiger partial charge in [-0.2, -0.15) is 5.10 Å². The molecule has 2 aliphatic heterocycles. The van der Waals surface area contributed by atoms with E-state index in [0.717, 1.165) is 38.1 Å². The van der Waals surface area contributed by atoms with Crippen LogP contribution in [0.1, 0.15) is 57.3 Å². The first-order chi connectivity index (χ1) is 12.1. The van der Waals surface area contributed by atoms with Crippen LogP contribution >= 0.6 is 0 Å². The molecule has 1 N–H and O–H groups in total. The largest absolute Gasteiger partial charge is 0.366 e. The second-order valence-electron chi connectivity index (χ2n) is 6.76. The highest BCUT2D eigenvalue weighted by atomic mass is 16.5. The van der Waals surface area contributed by atoms with E-state index in [9.17, 15) is 9.59 Å². The van der Waals surface area contributed by atoms with Crippen molar-refractivity contribution in [3.63, 3.8) is 0 Å². The molecule has 25 heavy (non-hydrogen) atoms. The summed E-state index contributed by atoms with van der Waals surface area (Å²) in [6, 6.07) is 0.0234. The number of hydrogen-bond acceptors (Lipinski definition) is 5. The zero-order valence-electron chi connectivity index (χ0n) is 15.0. The zero-order chi connectivity index (χ0) is 17.8. The van der Waals surface area contributed by atoms with Gasteiger partial charge in [0, 0.05) is 38.9 Å². The van der Waals surface area contributed by atoms with E-state index in [1.54, 1.807) is 6.92 Å². The number of ether oxygens (including phenoxy) is 1. The second-order valence-corrected chi connectivity index (χ2v) is 6.76. The number of nitrogens with zero attached hydrogens (tertiary/aromatic N) is 4. The maximum atomic E-state index is 12.8. The number of hydrogen-bond donors (Lipinski definition) is 1. The van der Waals surface area contributed by atoms with Gasteiger partial charge in [-0.3, -0.25) is 14.7 Å². The van der Waals surface area contributed by atoms with Gasteiger partial charge in [0.15, 0.2) is 5.82 Å². The van der Waals surface area contributed by atoms with Crippen LogP contribution in [-0.2, 0) is 20.7 Å². The highest BCUT2D eigenvalue weighted by Gasteiger charge is 2.32. The third-order valence-corrected chi connectivity index (χ3v) is 5.03. The van der Waals surface area contributed by atoms with E-state index in [0.29, 0.717) is 31.9 Å². The standard InChI is InChI=1S/C17H27N5O3/c1-3-15-18-17(20-19-15)14-11-21(8-9-25-14)16(24)10-13-6-4-5-7-22(13)12(2)23/h13-14H,3-11H2,1-2H3,(H,18,19,20)/t13-,14-/m1/s1. The van der Waals surface area contributed by atoms with Crippen molar-refractivity contribution in [2.24, 2.45) is 0 Å². The van der Waals surface area contributed by atoms with Gasteiger partial charge in [0.1, 0.15) is 11.9 Å². The molecule has 0 aromatic carbocycles. The molecule has 3 heterocycles. The molecule has 2 saturated heterocycles. The molecule has 2 fully saturated rings. The zero-order valence-corrected chi connectivity index (χ0v) is 15.0. The van der Waals surface area contributed by atoms with E-state index < -0.39 is 0 Å². The van der Waals surface area contributed by atoms with Crippen molar-refractivity contribution in [3.05, 3.63) is 11.6 Å². The number of carbonyl (C=O) groups excluding carboxylic acids is 2. The number of nitrogens with one attached hydrogen (secondary N) is 1. The van der Waals surface area contributed by atoms with Crippen LogP contribution in [0.2, 0.25) is 0 Å². The minimum atomic E-state index is -0.287. The summed E-state index contributed by atoms with van der Waals surface area (Å²) >= 11 is 0. The second kappa shape index (κ2) is 7.95. The van der Waals surface area contributed by atoms with Gasteiger partial charge in [0.2, 0.25) is 11.8 Å². The Morgan fingerprint density at radius 2 is 2.16 bits per heavy atom. The Balaban J connectivity index is 1.60. The van der Waals surface area contributed by atoms with Crippen molar-refractivity contribution in [3.8, 4) is 0 Å². The summed E-state index contributed by atoms with van der Waals surface area (Å²) in [5, 5.41) is 7.10. The van der Waals surface area contributed by atoms with Crippen LogP contribution in [0.3, 0.4) is 0 Å². The van der Waals surface area contributed by atoms with E-state index in [-0.39, 0.29) is 24.0 Å². The molecule has 2 aliphatic rings. The van der Waals surface area contributed by atoms with Crippen LogP contribution < -0.4 is 0 Å². The van der Waals surface area contributed by atoms with Gasteiger partial charge >= 0.3 is 0 Å². The molecule has 1 aromatic rings. The first-order valence-corrected chi connectivity index (χ1v) is 9.16. The van der Waals surface area contributed by atoms with Gasteiger partial charge in [-0.15, -0.1) is 0 Å². The van der Waals surface area contributed by atoms with Crippen molar-refractivity contribution in [2.45, 2.75) is 58.1 Å². The summed E-state index contributed by atoms with van der Waals surface area (Å²) in [4.78, 5) is 32.6. The molecule has 1 aromatic heterocycles. The summed E-state index contributed by atoms with van der Waals surface area (Å²) < 4.78 is 5.75. The van der Waals surface area contributed by atoms with Crippen molar-refractivity contribution in [2.75, 3.05) is 26.2 Å². The summed E-state index contributed by atoms with van der Waals surface area (Å²) in [5.74, 6) is 1.57. The quantitative estimate of drug-likeness (QED) is 0.877. The van der Waals surface area contributed by atoms with E-state index in [4.69, 9.17) is 4.74 Å².